The maximum atomic E-state index is 9.73. The largest absolute Gasteiger partial charge is 0.507 e. The lowest BCUT2D eigenvalue weighted by Crippen LogP contribution is -2.17. The van der Waals surface area contributed by atoms with E-state index in [4.69, 9.17) is 16.9 Å². The quantitative estimate of drug-likeness (QED) is 0.751. The Balaban J connectivity index is 3.08. The van der Waals surface area contributed by atoms with E-state index in [1.807, 2.05) is 0 Å². The van der Waals surface area contributed by atoms with Gasteiger partial charge in [-0.1, -0.05) is 11.6 Å². The number of nitriles is 1. The normalized spacial score (nSPS) is 14.2. The van der Waals surface area contributed by atoms with Gasteiger partial charge in [-0.3, -0.25) is 0 Å². The summed E-state index contributed by atoms with van der Waals surface area (Å²) in [7, 11) is 0. The third-order valence-corrected chi connectivity index (χ3v) is 2.50. The van der Waals surface area contributed by atoms with Crippen LogP contribution in [-0.2, 0) is 0 Å². The van der Waals surface area contributed by atoms with Gasteiger partial charge in [0, 0.05) is 10.6 Å². The van der Waals surface area contributed by atoms with Gasteiger partial charge < -0.3 is 15.3 Å². The summed E-state index contributed by atoms with van der Waals surface area (Å²) >= 11 is 5.78. The number of aliphatic hydroxyl groups excluding tert-OH is 2. The molecule has 0 heterocycles. The van der Waals surface area contributed by atoms with Crippen molar-refractivity contribution in [3.63, 3.8) is 0 Å². The number of aliphatic hydroxyl groups is 2. The predicted molar refractivity (Wildman–Crippen MR) is 59.1 cm³/mol. The molecule has 0 fully saturated rings. The SMILES string of the molecule is Cc1cc(Cl)cc(C(O)C(O)CC#N)c1O. The smallest absolute Gasteiger partial charge is 0.124 e. The van der Waals surface area contributed by atoms with Gasteiger partial charge in [0.05, 0.1) is 18.6 Å². The first-order chi connectivity index (χ1) is 7.47. The average molecular weight is 242 g/mol. The monoisotopic (exact) mass is 241 g/mol. The lowest BCUT2D eigenvalue weighted by atomic mass is 9.99. The molecule has 0 aliphatic carbocycles. The van der Waals surface area contributed by atoms with Crippen molar-refractivity contribution in [2.45, 2.75) is 25.6 Å². The van der Waals surface area contributed by atoms with E-state index in [1.54, 1.807) is 19.1 Å². The van der Waals surface area contributed by atoms with Crippen LogP contribution in [0.5, 0.6) is 5.75 Å². The number of hydrogen-bond donors (Lipinski definition) is 3. The average Bonchev–Trinajstić information content (AvgIpc) is 2.22. The number of aryl methyl sites for hydroxylation is 1. The molecule has 86 valence electrons. The molecule has 1 aromatic carbocycles. The minimum Gasteiger partial charge on any atom is -0.507 e. The lowest BCUT2D eigenvalue weighted by molar-refractivity contribution is 0.0202. The third-order valence-electron chi connectivity index (χ3n) is 2.28. The third kappa shape index (κ3) is 2.64. The zero-order chi connectivity index (χ0) is 12.3. The van der Waals surface area contributed by atoms with Crippen molar-refractivity contribution >= 4 is 11.6 Å². The molecular weight excluding hydrogens is 230 g/mol. The van der Waals surface area contributed by atoms with Crippen LogP contribution >= 0.6 is 11.6 Å². The van der Waals surface area contributed by atoms with Gasteiger partial charge in [0.15, 0.2) is 0 Å². The second-order valence-corrected chi connectivity index (χ2v) is 3.97. The Morgan fingerprint density at radius 3 is 2.62 bits per heavy atom. The van der Waals surface area contributed by atoms with Crippen LogP contribution in [-0.4, -0.2) is 21.4 Å². The minimum atomic E-state index is -1.32. The molecule has 0 aromatic heterocycles. The highest BCUT2D eigenvalue weighted by atomic mass is 35.5. The van der Waals surface area contributed by atoms with Crippen LogP contribution in [0.3, 0.4) is 0 Å². The molecule has 16 heavy (non-hydrogen) atoms. The van der Waals surface area contributed by atoms with Crippen LogP contribution < -0.4 is 0 Å². The molecule has 0 saturated heterocycles. The molecule has 0 amide bonds. The Kier molecular flexibility index (Phi) is 4.13. The molecule has 0 radical (unpaired) electrons. The number of phenols is 1. The van der Waals surface area contributed by atoms with Crippen LogP contribution in [0.1, 0.15) is 23.7 Å². The number of rotatable bonds is 3. The van der Waals surface area contributed by atoms with Crippen molar-refractivity contribution < 1.29 is 15.3 Å². The van der Waals surface area contributed by atoms with Gasteiger partial charge >= 0.3 is 0 Å². The van der Waals surface area contributed by atoms with Gasteiger partial charge in [-0.05, 0) is 24.6 Å². The van der Waals surface area contributed by atoms with Crippen molar-refractivity contribution in [2.24, 2.45) is 0 Å². The van der Waals surface area contributed by atoms with E-state index < -0.39 is 12.2 Å². The maximum absolute atomic E-state index is 9.73. The first-order valence-corrected chi connectivity index (χ1v) is 5.07. The van der Waals surface area contributed by atoms with E-state index in [0.717, 1.165) is 0 Å². The van der Waals surface area contributed by atoms with E-state index in [0.29, 0.717) is 10.6 Å². The molecule has 4 nitrogen and oxygen atoms in total. The first-order valence-electron chi connectivity index (χ1n) is 4.69. The second kappa shape index (κ2) is 5.17. The van der Waals surface area contributed by atoms with Crippen molar-refractivity contribution in [1.82, 2.24) is 0 Å². The van der Waals surface area contributed by atoms with E-state index >= 15 is 0 Å². The topological polar surface area (TPSA) is 84.5 Å². The van der Waals surface area contributed by atoms with Crippen LogP contribution in [0.15, 0.2) is 12.1 Å². The minimum absolute atomic E-state index is 0.117. The fourth-order valence-electron chi connectivity index (χ4n) is 1.40. The summed E-state index contributed by atoms with van der Waals surface area (Å²) < 4.78 is 0. The molecule has 1 aromatic rings. The van der Waals surface area contributed by atoms with Crippen LogP contribution in [0.25, 0.3) is 0 Å². The highest BCUT2D eigenvalue weighted by molar-refractivity contribution is 6.30. The van der Waals surface area contributed by atoms with E-state index in [-0.39, 0.29) is 17.7 Å². The van der Waals surface area contributed by atoms with E-state index in [2.05, 4.69) is 0 Å². The number of aromatic hydroxyl groups is 1. The summed E-state index contributed by atoms with van der Waals surface area (Å²) in [5, 5.41) is 37.6. The molecule has 1 rings (SSSR count). The Hall–Kier alpha value is -1.28. The standard InChI is InChI=1S/C11H12ClNO3/c1-6-4-7(12)5-8(10(6)15)11(16)9(14)2-3-13/h4-5,9,11,14-16H,2H2,1H3. The van der Waals surface area contributed by atoms with Gasteiger partial charge in [-0.15, -0.1) is 0 Å². The fraction of sp³-hybridized carbons (Fsp3) is 0.364. The number of nitrogens with zero attached hydrogens (tertiary/aromatic N) is 1. The van der Waals surface area contributed by atoms with Gasteiger partial charge in [0.1, 0.15) is 11.9 Å². The Morgan fingerprint density at radius 2 is 2.06 bits per heavy atom. The summed E-state index contributed by atoms with van der Waals surface area (Å²) in [5.41, 5.74) is 0.637. The predicted octanol–water partition coefficient (Wildman–Crippen LogP) is 1.66. The molecule has 3 N–H and O–H groups in total. The van der Waals surface area contributed by atoms with Crippen molar-refractivity contribution in [3.05, 3.63) is 28.3 Å². The highest BCUT2D eigenvalue weighted by Crippen LogP contribution is 2.33. The first kappa shape index (κ1) is 12.8. The van der Waals surface area contributed by atoms with E-state index in [9.17, 15) is 15.3 Å². The Bertz CT molecular complexity index is 428. The molecule has 0 saturated carbocycles. The number of phenolic OH excluding ortho intramolecular Hbond substituents is 1. The molecule has 2 atom stereocenters. The number of benzene rings is 1. The van der Waals surface area contributed by atoms with Gasteiger partial charge in [0.2, 0.25) is 0 Å². The zero-order valence-electron chi connectivity index (χ0n) is 8.68. The maximum Gasteiger partial charge on any atom is 0.124 e. The Labute approximate surface area is 98.3 Å². The summed E-state index contributed by atoms with van der Waals surface area (Å²) in [6, 6.07) is 4.66. The molecule has 0 aliphatic heterocycles. The summed E-state index contributed by atoms with van der Waals surface area (Å²) in [5.74, 6) is -0.117. The van der Waals surface area contributed by atoms with Gasteiger partial charge in [-0.25, -0.2) is 0 Å². The summed E-state index contributed by atoms with van der Waals surface area (Å²) in [6.45, 7) is 1.63. The van der Waals surface area contributed by atoms with Crippen LogP contribution in [0.2, 0.25) is 5.02 Å². The van der Waals surface area contributed by atoms with Gasteiger partial charge in [-0.2, -0.15) is 5.26 Å². The summed E-state index contributed by atoms with van der Waals surface area (Å²) in [6.07, 6.45) is -2.78. The van der Waals surface area contributed by atoms with Crippen LogP contribution in [0, 0.1) is 18.3 Å². The molecule has 0 bridgehead atoms. The van der Waals surface area contributed by atoms with Crippen molar-refractivity contribution in [1.29, 1.82) is 5.26 Å². The van der Waals surface area contributed by atoms with E-state index in [1.165, 1.54) is 6.07 Å². The molecule has 5 heteroatoms. The molecule has 0 aliphatic rings. The van der Waals surface area contributed by atoms with Crippen LogP contribution in [0.4, 0.5) is 0 Å². The van der Waals surface area contributed by atoms with Crippen molar-refractivity contribution in [3.8, 4) is 11.8 Å². The van der Waals surface area contributed by atoms with Crippen molar-refractivity contribution in [2.75, 3.05) is 0 Å². The Morgan fingerprint density at radius 1 is 1.44 bits per heavy atom. The second-order valence-electron chi connectivity index (χ2n) is 3.53. The highest BCUT2D eigenvalue weighted by Gasteiger charge is 2.22. The lowest BCUT2D eigenvalue weighted by Gasteiger charge is -2.18. The number of hydrogen-bond acceptors (Lipinski definition) is 4. The fourth-order valence-corrected chi connectivity index (χ4v) is 1.68. The van der Waals surface area contributed by atoms with Gasteiger partial charge in [0.25, 0.3) is 0 Å². The summed E-state index contributed by atoms with van der Waals surface area (Å²) in [4.78, 5) is 0. The number of halogens is 1. The molecule has 2 unspecified atom stereocenters. The zero-order valence-corrected chi connectivity index (χ0v) is 9.44. The molecular formula is C11H12ClNO3. The molecule has 0 spiro atoms.